The van der Waals surface area contributed by atoms with Gasteiger partial charge in [0.05, 0.1) is 5.69 Å². The van der Waals surface area contributed by atoms with Crippen LogP contribution in [0.15, 0.2) is 54.6 Å². The average Bonchev–Trinajstić information content (AvgIpc) is 3.09. The number of fused-ring (bicyclic) bond motifs is 1. The first-order valence-corrected chi connectivity index (χ1v) is 12.3. The van der Waals surface area contributed by atoms with Gasteiger partial charge in [0, 0.05) is 24.9 Å². The lowest BCUT2D eigenvalue weighted by atomic mass is 9.92. The lowest BCUT2D eigenvalue weighted by Crippen LogP contribution is -2.30. The van der Waals surface area contributed by atoms with Gasteiger partial charge in [0.1, 0.15) is 0 Å². The molecule has 1 aliphatic heterocycles. The van der Waals surface area contributed by atoms with Crippen LogP contribution in [0.1, 0.15) is 37.8 Å². The van der Waals surface area contributed by atoms with Gasteiger partial charge in [-0.1, -0.05) is 56.3 Å². The summed E-state index contributed by atoms with van der Waals surface area (Å²) in [5, 5.41) is 0. The summed E-state index contributed by atoms with van der Waals surface area (Å²) < 4.78 is 30.9. The monoisotopic (exact) mass is 442 g/mol. The molecule has 0 radical (unpaired) electrons. The van der Waals surface area contributed by atoms with Crippen molar-refractivity contribution in [1.82, 2.24) is 4.90 Å². The van der Waals surface area contributed by atoms with E-state index in [2.05, 4.69) is 57.1 Å². The van der Waals surface area contributed by atoms with Crippen LogP contribution < -0.4 is 4.72 Å². The molecule has 2 aromatic carbocycles. The zero-order valence-electron chi connectivity index (χ0n) is 18.1. The van der Waals surface area contributed by atoms with E-state index in [0.29, 0.717) is 17.5 Å². The highest BCUT2D eigenvalue weighted by molar-refractivity contribution is 7.88. The summed E-state index contributed by atoms with van der Waals surface area (Å²) in [5.41, 5.74) is 3.01. The van der Waals surface area contributed by atoms with Gasteiger partial charge >= 0.3 is 16.3 Å². The lowest BCUT2D eigenvalue weighted by Gasteiger charge is -2.24. The number of benzene rings is 2. The van der Waals surface area contributed by atoms with Crippen LogP contribution in [0.5, 0.6) is 0 Å². The zero-order chi connectivity index (χ0) is 22.1. The highest BCUT2D eigenvalue weighted by Crippen LogP contribution is 2.63. The topological polar surface area (TPSA) is 75.7 Å². The van der Waals surface area contributed by atoms with Gasteiger partial charge in [0.2, 0.25) is 0 Å². The van der Waals surface area contributed by atoms with Crippen molar-refractivity contribution in [1.29, 1.82) is 0 Å². The third kappa shape index (κ3) is 4.77. The molecule has 1 saturated carbocycles. The number of carbonyl (C=O) groups is 1. The molecule has 7 heteroatoms. The third-order valence-corrected chi connectivity index (χ3v) is 7.72. The number of aryl methyl sites for hydroxylation is 1. The van der Waals surface area contributed by atoms with E-state index in [-0.39, 0.29) is 11.8 Å². The van der Waals surface area contributed by atoms with Gasteiger partial charge < -0.3 is 9.08 Å². The molecule has 31 heavy (non-hydrogen) atoms. The standard InChI is InChI=1S/C24H30N2O4S/c1-3-23(27)30-31(28,29)25-20-13-7-12-19(15-20)24(2)21-16-26(17-22(21)24)14-8-11-18-9-5-4-6-10-18/h4-7,9-10,12-13,15,21-22,25H,3,8,11,14,16-17H2,1-2H3. The SMILES string of the molecule is CCC(=O)OS(=O)(=O)Nc1cccc(C2(C)C3CN(CCCc4ccccc4)CC32)c1. The molecule has 2 unspecified atom stereocenters. The fraction of sp³-hybridized carbons (Fsp3) is 0.458. The minimum atomic E-state index is -4.16. The molecule has 1 N–H and O–H groups in total. The molecule has 0 amide bonds. The first kappa shape index (κ1) is 21.8. The maximum Gasteiger partial charge on any atom is 0.409 e. The number of piperidine rings is 1. The predicted molar refractivity (Wildman–Crippen MR) is 121 cm³/mol. The van der Waals surface area contributed by atoms with Gasteiger partial charge in [-0.15, -0.1) is 0 Å². The summed E-state index contributed by atoms with van der Waals surface area (Å²) in [6.45, 7) is 7.10. The summed E-state index contributed by atoms with van der Waals surface area (Å²) in [5.74, 6) is 0.405. The van der Waals surface area contributed by atoms with Crippen molar-refractivity contribution < 1.29 is 17.4 Å². The van der Waals surface area contributed by atoms with Crippen molar-refractivity contribution in [2.75, 3.05) is 24.4 Å². The number of anilines is 1. The second-order valence-corrected chi connectivity index (χ2v) is 10.1. The first-order valence-electron chi connectivity index (χ1n) is 10.9. The maximum absolute atomic E-state index is 12.0. The van der Waals surface area contributed by atoms with E-state index in [9.17, 15) is 13.2 Å². The predicted octanol–water partition coefficient (Wildman–Crippen LogP) is 3.75. The van der Waals surface area contributed by atoms with Crippen molar-refractivity contribution in [3.63, 3.8) is 0 Å². The van der Waals surface area contributed by atoms with E-state index >= 15 is 0 Å². The highest BCUT2D eigenvalue weighted by atomic mass is 32.2. The molecule has 2 atom stereocenters. The molecule has 2 aromatic rings. The second-order valence-electron chi connectivity index (χ2n) is 8.79. The number of hydrogen-bond acceptors (Lipinski definition) is 5. The van der Waals surface area contributed by atoms with Gasteiger partial charge in [0.25, 0.3) is 0 Å². The Bertz CT molecular complexity index is 1030. The van der Waals surface area contributed by atoms with E-state index in [1.165, 1.54) is 5.56 Å². The van der Waals surface area contributed by atoms with Crippen LogP contribution >= 0.6 is 0 Å². The highest BCUT2D eigenvalue weighted by Gasteiger charge is 2.65. The number of rotatable bonds is 9. The molecule has 1 heterocycles. The van der Waals surface area contributed by atoms with Gasteiger partial charge in [-0.3, -0.25) is 9.52 Å². The van der Waals surface area contributed by atoms with Crippen LogP contribution in [-0.4, -0.2) is 38.9 Å². The minimum Gasteiger partial charge on any atom is -0.330 e. The Morgan fingerprint density at radius 3 is 2.52 bits per heavy atom. The Labute approximate surface area is 184 Å². The van der Waals surface area contributed by atoms with Crippen molar-refractivity contribution in [2.45, 2.75) is 38.5 Å². The Kier molecular flexibility index (Phi) is 6.08. The van der Waals surface area contributed by atoms with Crippen molar-refractivity contribution in [3.8, 4) is 0 Å². The quantitative estimate of drug-likeness (QED) is 0.640. The fourth-order valence-electron chi connectivity index (χ4n) is 4.99. The zero-order valence-corrected chi connectivity index (χ0v) is 18.9. The van der Waals surface area contributed by atoms with Crippen molar-refractivity contribution in [3.05, 3.63) is 65.7 Å². The number of hydrogen-bond donors (Lipinski definition) is 1. The Morgan fingerprint density at radius 1 is 1.13 bits per heavy atom. The van der Waals surface area contributed by atoms with E-state index in [1.807, 2.05) is 12.1 Å². The second kappa shape index (κ2) is 8.63. The summed E-state index contributed by atoms with van der Waals surface area (Å²) >= 11 is 0. The first-order chi connectivity index (χ1) is 14.8. The minimum absolute atomic E-state index is 0.00420. The van der Waals surface area contributed by atoms with Crippen LogP contribution in [0.4, 0.5) is 5.69 Å². The molecule has 0 spiro atoms. The number of likely N-dealkylation sites (tertiary alicyclic amines) is 1. The average molecular weight is 443 g/mol. The van der Waals surface area contributed by atoms with Gasteiger partial charge in [-0.05, 0) is 54.5 Å². The molecular formula is C24H30N2O4S. The van der Waals surface area contributed by atoms with E-state index in [4.69, 9.17) is 0 Å². The molecule has 6 nitrogen and oxygen atoms in total. The Hall–Kier alpha value is -2.38. The molecule has 2 fully saturated rings. The fourth-order valence-corrected chi connectivity index (χ4v) is 5.81. The molecular weight excluding hydrogens is 412 g/mol. The summed E-state index contributed by atoms with van der Waals surface area (Å²) in [7, 11) is -4.16. The maximum atomic E-state index is 12.0. The smallest absolute Gasteiger partial charge is 0.330 e. The third-order valence-electron chi connectivity index (χ3n) is 6.83. The Morgan fingerprint density at radius 2 is 1.84 bits per heavy atom. The number of nitrogens with one attached hydrogen (secondary N) is 1. The normalized spacial score (nSPS) is 25.1. The van der Waals surface area contributed by atoms with Crippen LogP contribution in [0.2, 0.25) is 0 Å². The molecule has 0 aromatic heterocycles. The summed E-state index contributed by atoms with van der Waals surface area (Å²) in [4.78, 5) is 13.9. The van der Waals surface area contributed by atoms with Crippen LogP contribution in [0, 0.1) is 11.8 Å². The molecule has 166 valence electrons. The van der Waals surface area contributed by atoms with E-state index in [1.54, 1.807) is 13.0 Å². The van der Waals surface area contributed by atoms with Gasteiger partial charge in [0.15, 0.2) is 0 Å². The van der Waals surface area contributed by atoms with Gasteiger partial charge in [-0.25, -0.2) is 0 Å². The van der Waals surface area contributed by atoms with Crippen LogP contribution in [-0.2, 0) is 31.1 Å². The lowest BCUT2D eigenvalue weighted by molar-refractivity contribution is -0.133. The molecule has 1 aliphatic carbocycles. The van der Waals surface area contributed by atoms with Crippen molar-refractivity contribution >= 4 is 22.0 Å². The molecule has 2 aliphatic rings. The van der Waals surface area contributed by atoms with Crippen LogP contribution in [0.25, 0.3) is 0 Å². The van der Waals surface area contributed by atoms with Gasteiger partial charge in [-0.2, -0.15) is 8.42 Å². The summed E-state index contributed by atoms with van der Waals surface area (Å²) in [6.07, 6.45) is 2.27. The number of carbonyl (C=O) groups excluding carboxylic acids is 1. The Balaban J connectivity index is 1.32. The molecule has 4 rings (SSSR count). The molecule has 1 saturated heterocycles. The number of nitrogens with zero attached hydrogens (tertiary/aromatic N) is 1. The summed E-state index contributed by atoms with van der Waals surface area (Å²) in [6, 6.07) is 18.1. The van der Waals surface area contributed by atoms with E-state index in [0.717, 1.165) is 38.0 Å². The van der Waals surface area contributed by atoms with Crippen molar-refractivity contribution in [2.24, 2.45) is 11.8 Å². The van der Waals surface area contributed by atoms with Crippen LogP contribution in [0.3, 0.4) is 0 Å². The van der Waals surface area contributed by atoms with E-state index < -0.39 is 16.3 Å². The largest absolute Gasteiger partial charge is 0.409 e. The molecule has 0 bridgehead atoms.